The summed E-state index contributed by atoms with van der Waals surface area (Å²) in [7, 11) is 0. The number of piperazine rings is 1. The largest absolute Gasteiger partial charge is 0.312 e. The van der Waals surface area contributed by atoms with Crippen LogP contribution in [0.15, 0.2) is 35.7 Å². The standard InChI is InChI=1S/C15H19N3S/c1-12-9-18(8-7-16-12)10-14-11-19-15(17-14)13-5-3-2-4-6-13/h2-6,11-12,16H,7-10H2,1H3/t12-/m1/s1. The molecular formula is C15H19N3S. The van der Waals surface area contributed by atoms with Crippen LogP contribution < -0.4 is 5.32 Å². The van der Waals surface area contributed by atoms with Crippen LogP contribution in [-0.4, -0.2) is 35.6 Å². The maximum Gasteiger partial charge on any atom is 0.123 e. The van der Waals surface area contributed by atoms with Gasteiger partial charge >= 0.3 is 0 Å². The number of benzene rings is 1. The molecule has 1 aliphatic rings. The van der Waals surface area contributed by atoms with E-state index in [0.29, 0.717) is 6.04 Å². The maximum absolute atomic E-state index is 4.76. The minimum atomic E-state index is 0.584. The predicted octanol–water partition coefficient (Wildman–Crippen LogP) is 2.60. The smallest absolute Gasteiger partial charge is 0.123 e. The summed E-state index contributed by atoms with van der Waals surface area (Å²) in [4.78, 5) is 7.23. The topological polar surface area (TPSA) is 28.2 Å². The zero-order valence-corrected chi connectivity index (χ0v) is 12.0. The second kappa shape index (κ2) is 5.82. The summed E-state index contributed by atoms with van der Waals surface area (Å²) < 4.78 is 0. The Morgan fingerprint density at radius 3 is 3.00 bits per heavy atom. The van der Waals surface area contributed by atoms with Crippen molar-refractivity contribution in [3.05, 3.63) is 41.4 Å². The van der Waals surface area contributed by atoms with Gasteiger partial charge in [0.1, 0.15) is 5.01 Å². The Kier molecular flexibility index (Phi) is 3.92. The van der Waals surface area contributed by atoms with Crippen LogP contribution >= 0.6 is 11.3 Å². The molecule has 0 bridgehead atoms. The Hall–Kier alpha value is -1.23. The fraction of sp³-hybridized carbons (Fsp3) is 0.400. The van der Waals surface area contributed by atoms with E-state index in [1.54, 1.807) is 11.3 Å². The molecule has 1 saturated heterocycles. The number of hydrogen-bond acceptors (Lipinski definition) is 4. The van der Waals surface area contributed by atoms with Crippen LogP contribution in [0.4, 0.5) is 0 Å². The molecule has 2 aromatic rings. The summed E-state index contributed by atoms with van der Waals surface area (Å²) in [5.41, 5.74) is 2.41. The molecule has 1 atom stereocenters. The average Bonchev–Trinajstić information content (AvgIpc) is 2.88. The summed E-state index contributed by atoms with van der Waals surface area (Å²) in [6.45, 7) is 6.51. The van der Waals surface area contributed by atoms with Gasteiger partial charge in [-0.25, -0.2) is 4.98 Å². The van der Waals surface area contributed by atoms with E-state index in [0.717, 1.165) is 31.2 Å². The van der Waals surface area contributed by atoms with Crippen LogP contribution in [0.2, 0.25) is 0 Å². The lowest BCUT2D eigenvalue weighted by Gasteiger charge is -2.31. The normalized spacial score (nSPS) is 20.6. The molecule has 0 unspecified atom stereocenters. The summed E-state index contributed by atoms with van der Waals surface area (Å²) in [6, 6.07) is 11.0. The van der Waals surface area contributed by atoms with Crippen LogP contribution in [0.25, 0.3) is 10.6 Å². The molecule has 1 fully saturated rings. The van der Waals surface area contributed by atoms with Crippen LogP contribution in [-0.2, 0) is 6.54 Å². The minimum absolute atomic E-state index is 0.584. The van der Waals surface area contributed by atoms with E-state index in [1.807, 2.05) is 6.07 Å². The van der Waals surface area contributed by atoms with Crippen molar-refractivity contribution >= 4 is 11.3 Å². The van der Waals surface area contributed by atoms with Crippen molar-refractivity contribution in [3.8, 4) is 10.6 Å². The third-order valence-corrected chi connectivity index (χ3v) is 4.35. The van der Waals surface area contributed by atoms with Crippen LogP contribution in [0.1, 0.15) is 12.6 Å². The summed E-state index contributed by atoms with van der Waals surface area (Å²) in [5.74, 6) is 0. The van der Waals surface area contributed by atoms with Gasteiger partial charge in [0.05, 0.1) is 5.69 Å². The first kappa shape index (κ1) is 12.8. The van der Waals surface area contributed by atoms with Crippen LogP contribution in [0, 0.1) is 0 Å². The van der Waals surface area contributed by atoms with Gasteiger partial charge in [0.25, 0.3) is 0 Å². The van der Waals surface area contributed by atoms with Crippen LogP contribution in [0.5, 0.6) is 0 Å². The first-order valence-electron chi connectivity index (χ1n) is 6.77. The van der Waals surface area contributed by atoms with Crippen molar-refractivity contribution in [2.24, 2.45) is 0 Å². The van der Waals surface area contributed by atoms with E-state index >= 15 is 0 Å². The Bertz CT molecular complexity index is 523. The van der Waals surface area contributed by atoms with Gasteiger partial charge < -0.3 is 5.32 Å². The Morgan fingerprint density at radius 2 is 2.21 bits per heavy atom. The Morgan fingerprint density at radius 1 is 1.37 bits per heavy atom. The van der Waals surface area contributed by atoms with Gasteiger partial charge in [-0.1, -0.05) is 30.3 Å². The van der Waals surface area contributed by atoms with E-state index in [4.69, 9.17) is 4.98 Å². The summed E-state index contributed by atoms with van der Waals surface area (Å²) in [6.07, 6.45) is 0. The molecule has 2 heterocycles. The second-order valence-electron chi connectivity index (χ2n) is 5.10. The van der Waals surface area contributed by atoms with Crippen molar-refractivity contribution < 1.29 is 0 Å². The van der Waals surface area contributed by atoms with Crippen LogP contribution in [0.3, 0.4) is 0 Å². The lowest BCUT2D eigenvalue weighted by atomic mass is 10.2. The predicted molar refractivity (Wildman–Crippen MR) is 80.3 cm³/mol. The van der Waals surface area contributed by atoms with Crippen molar-refractivity contribution in [3.63, 3.8) is 0 Å². The molecular weight excluding hydrogens is 254 g/mol. The van der Waals surface area contributed by atoms with Crippen molar-refractivity contribution in [2.75, 3.05) is 19.6 Å². The van der Waals surface area contributed by atoms with Gasteiger partial charge in [-0.3, -0.25) is 4.90 Å². The third kappa shape index (κ3) is 3.21. The van der Waals surface area contributed by atoms with Crippen molar-refractivity contribution in [2.45, 2.75) is 19.5 Å². The molecule has 100 valence electrons. The molecule has 0 aliphatic carbocycles. The fourth-order valence-electron chi connectivity index (χ4n) is 2.48. The number of thiazole rings is 1. The maximum atomic E-state index is 4.76. The summed E-state index contributed by atoms with van der Waals surface area (Å²) in [5, 5.41) is 6.78. The molecule has 4 heteroatoms. The van der Waals surface area contributed by atoms with Gasteiger partial charge in [0.15, 0.2) is 0 Å². The van der Waals surface area contributed by atoms with E-state index in [9.17, 15) is 0 Å². The molecule has 1 aromatic heterocycles. The summed E-state index contributed by atoms with van der Waals surface area (Å²) >= 11 is 1.74. The third-order valence-electron chi connectivity index (χ3n) is 3.41. The number of nitrogens with one attached hydrogen (secondary N) is 1. The monoisotopic (exact) mass is 273 g/mol. The zero-order valence-electron chi connectivity index (χ0n) is 11.2. The van der Waals surface area contributed by atoms with E-state index < -0.39 is 0 Å². The van der Waals surface area contributed by atoms with Crippen molar-refractivity contribution in [1.82, 2.24) is 15.2 Å². The molecule has 3 rings (SSSR count). The van der Waals surface area contributed by atoms with E-state index in [1.165, 1.54) is 11.3 Å². The Balaban J connectivity index is 1.68. The highest BCUT2D eigenvalue weighted by molar-refractivity contribution is 7.13. The lowest BCUT2D eigenvalue weighted by molar-refractivity contribution is 0.198. The molecule has 0 saturated carbocycles. The van der Waals surface area contributed by atoms with Crippen molar-refractivity contribution in [1.29, 1.82) is 0 Å². The highest BCUT2D eigenvalue weighted by Gasteiger charge is 2.16. The van der Waals surface area contributed by atoms with Gasteiger partial charge in [-0.15, -0.1) is 11.3 Å². The van der Waals surface area contributed by atoms with Gasteiger partial charge in [-0.2, -0.15) is 0 Å². The number of hydrogen-bond donors (Lipinski definition) is 1. The van der Waals surface area contributed by atoms with E-state index in [2.05, 4.69) is 46.8 Å². The van der Waals surface area contributed by atoms with Gasteiger partial charge in [0, 0.05) is 43.2 Å². The number of rotatable bonds is 3. The molecule has 1 aromatic carbocycles. The number of aromatic nitrogens is 1. The molecule has 0 radical (unpaired) electrons. The average molecular weight is 273 g/mol. The molecule has 3 nitrogen and oxygen atoms in total. The molecule has 1 aliphatic heterocycles. The number of nitrogens with zero attached hydrogens (tertiary/aromatic N) is 2. The van der Waals surface area contributed by atoms with E-state index in [-0.39, 0.29) is 0 Å². The fourth-order valence-corrected chi connectivity index (χ4v) is 3.29. The molecule has 19 heavy (non-hydrogen) atoms. The first-order valence-corrected chi connectivity index (χ1v) is 7.65. The van der Waals surface area contributed by atoms with Gasteiger partial charge in [-0.05, 0) is 6.92 Å². The zero-order chi connectivity index (χ0) is 13.1. The minimum Gasteiger partial charge on any atom is -0.312 e. The molecule has 0 spiro atoms. The second-order valence-corrected chi connectivity index (χ2v) is 5.96. The van der Waals surface area contributed by atoms with Gasteiger partial charge in [0.2, 0.25) is 0 Å². The first-order chi connectivity index (χ1) is 9.31. The highest BCUT2D eigenvalue weighted by atomic mass is 32.1. The highest BCUT2D eigenvalue weighted by Crippen LogP contribution is 2.23. The lowest BCUT2D eigenvalue weighted by Crippen LogP contribution is -2.48. The Labute approximate surface area is 118 Å². The molecule has 1 N–H and O–H groups in total. The SMILES string of the molecule is C[C@@H]1CN(Cc2csc(-c3ccccc3)n2)CCN1. The quantitative estimate of drug-likeness (QED) is 0.931. The molecule has 0 amide bonds.